The average molecular weight is 312 g/mol. The Morgan fingerprint density at radius 3 is 2.52 bits per heavy atom. The molecule has 0 amide bonds. The lowest BCUT2D eigenvalue weighted by atomic mass is 10.1. The molecule has 0 radical (unpaired) electrons. The van der Waals surface area contributed by atoms with Gasteiger partial charge in [0.05, 0.1) is 18.2 Å². The van der Waals surface area contributed by atoms with Gasteiger partial charge in [0.25, 0.3) is 6.29 Å². The van der Waals surface area contributed by atoms with Gasteiger partial charge in [0, 0.05) is 0 Å². The molecule has 1 aliphatic heterocycles. The molecule has 1 aliphatic rings. The minimum Gasteiger partial charge on any atom is -0.488 e. The maximum Gasteiger partial charge on any atom is 0.337 e. The van der Waals surface area contributed by atoms with Crippen LogP contribution in [-0.4, -0.2) is 13.1 Å². The van der Waals surface area contributed by atoms with E-state index in [4.69, 9.17) is 18.9 Å². The van der Waals surface area contributed by atoms with Gasteiger partial charge in [-0.2, -0.15) is 0 Å². The van der Waals surface area contributed by atoms with E-state index in [1.807, 2.05) is 30.3 Å². The normalized spacial score (nSPS) is 13.3. The molecular weight excluding hydrogens is 296 g/mol. The van der Waals surface area contributed by atoms with Gasteiger partial charge in [0.15, 0.2) is 0 Å². The van der Waals surface area contributed by atoms with E-state index in [1.54, 1.807) is 18.2 Å². The highest BCUT2D eigenvalue weighted by atomic mass is 16.7. The highest BCUT2D eigenvalue weighted by Crippen LogP contribution is 2.33. The molecule has 0 aromatic heterocycles. The van der Waals surface area contributed by atoms with Crippen molar-refractivity contribution in [1.29, 1.82) is 0 Å². The van der Waals surface area contributed by atoms with E-state index in [2.05, 4.69) is 0 Å². The largest absolute Gasteiger partial charge is 0.488 e. The zero-order valence-electron chi connectivity index (χ0n) is 12.6. The third-order valence-corrected chi connectivity index (χ3v) is 3.38. The molecule has 5 heteroatoms. The molecular formula is C18H16O5. The Morgan fingerprint density at radius 2 is 1.83 bits per heavy atom. The number of methoxy groups -OCH3 is 1. The number of ether oxygens (including phenoxy) is 4. The van der Waals surface area contributed by atoms with Crippen LogP contribution in [0.3, 0.4) is 0 Å². The number of esters is 1. The van der Waals surface area contributed by atoms with E-state index in [1.165, 1.54) is 19.6 Å². The van der Waals surface area contributed by atoms with E-state index < -0.39 is 12.3 Å². The molecule has 2 aromatic carbocycles. The quantitative estimate of drug-likeness (QED) is 0.790. The average Bonchev–Trinajstić information content (AvgIpc) is 3.14. The summed E-state index contributed by atoms with van der Waals surface area (Å²) in [5.41, 5.74) is 2.09. The molecule has 2 aromatic rings. The second kappa shape index (κ2) is 6.87. The molecule has 0 saturated heterocycles. The highest BCUT2D eigenvalue weighted by Gasteiger charge is 2.22. The van der Waals surface area contributed by atoms with E-state index >= 15 is 0 Å². The van der Waals surface area contributed by atoms with Crippen LogP contribution in [0.15, 0.2) is 61.1 Å². The van der Waals surface area contributed by atoms with Crippen LogP contribution in [-0.2, 0) is 20.8 Å². The number of carbonyl (C=O) groups excluding carboxylic acids is 1. The molecule has 118 valence electrons. The monoisotopic (exact) mass is 312 g/mol. The molecule has 23 heavy (non-hydrogen) atoms. The Morgan fingerprint density at radius 1 is 1.09 bits per heavy atom. The zero-order valence-corrected chi connectivity index (χ0v) is 12.6. The smallest absolute Gasteiger partial charge is 0.337 e. The van der Waals surface area contributed by atoms with E-state index in [0.717, 1.165) is 5.56 Å². The number of hydrogen-bond donors (Lipinski definition) is 0. The van der Waals surface area contributed by atoms with Crippen molar-refractivity contribution in [3.8, 4) is 5.75 Å². The van der Waals surface area contributed by atoms with Gasteiger partial charge >= 0.3 is 5.97 Å². The third-order valence-electron chi connectivity index (χ3n) is 3.38. The minimum absolute atomic E-state index is 0.408. The van der Waals surface area contributed by atoms with Crippen LogP contribution < -0.4 is 4.74 Å². The van der Waals surface area contributed by atoms with Gasteiger partial charge in [-0.3, -0.25) is 0 Å². The summed E-state index contributed by atoms with van der Waals surface area (Å²) in [7, 11) is 1.34. The van der Waals surface area contributed by atoms with Gasteiger partial charge in [-0.15, -0.1) is 0 Å². The summed E-state index contributed by atoms with van der Waals surface area (Å²) in [5, 5.41) is 0. The molecule has 3 rings (SSSR count). The summed E-state index contributed by atoms with van der Waals surface area (Å²) < 4.78 is 21.3. The molecule has 5 nitrogen and oxygen atoms in total. The van der Waals surface area contributed by atoms with Crippen molar-refractivity contribution in [2.45, 2.75) is 12.9 Å². The molecule has 0 saturated carbocycles. The van der Waals surface area contributed by atoms with Crippen LogP contribution in [0.2, 0.25) is 0 Å². The van der Waals surface area contributed by atoms with Crippen LogP contribution in [0.4, 0.5) is 0 Å². The number of rotatable bonds is 5. The van der Waals surface area contributed by atoms with Crippen LogP contribution in [0.25, 0.3) is 0 Å². The summed E-state index contributed by atoms with van der Waals surface area (Å²) in [4.78, 5) is 11.7. The fourth-order valence-corrected chi connectivity index (χ4v) is 2.23. The first-order valence-corrected chi connectivity index (χ1v) is 7.13. The van der Waals surface area contributed by atoms with Gasteiger partial charge in [-0.1, -0.05) is 30.3 Å². The lowest BCUT2D eigenvalue weighted by Crippen LogP contribution is -2.07. The Labute approximate surface area is 134 Å². The second-order valence-electron chi connectivity index (χ2n) is 4.89. The number of hydrogen-bond acceptors (Lipinski definition) is 5. The maximum absolute atomic E-state index is 11.7. The van der Waals surface area contributed by atoms with Crippen LogP contribution in [0.1, 0.15) is 27.8 Å². The fourth-order valence-electron chi connectivity index (χ4n) is 2.23. The van der Waals surface area contributed by atoms with Crippen molar-refractivity contribution in [1.82, 2.24) is 0 Å². The highest BCUT2D eigenvalue weighted by molar-refractivity contribution is 5.89. The lowest BCUT2D eigenvalue weighted by molar-refractivity contribution is -0.0266. The lowest BCUT2D eigenvalue weighted by Gasteiger charge is -2.17. The SMILES string of the molecule is COC(=O)c1ccc(OCc2ccccc2)c(C2OC=CO2)c1. The summed E-state index contributed by atoms with van der Waals surface area (Å²) in [6.07, 6.45) is 2.28. The standard InChI is InChI=1S/C18H16O5/c1-20-17(19)14-7-8-16(15(11-14)18-21-9-10-22-18)23-12-13-5-3-2-4-6-13/h2-11,18H,12H2,1H3. The van der Waals surface area contributed by atoms with E-state index in [-0.39, 0.29) is 0 Å². The van der Waals surface area contributed by atoms with Crippen molar-refractivity contribution in [2.75, 3.05) is 7.11 Å². The Hall–Kier alpha value is -2.95. The molecule has 0 unspecified atom stereocenters. The first kappa shape index (κ1) is 15.0. The summed E-state index contributed by atoms with van der Waals surface area (Å²) in [5.74, 6) is 0.169. The third kappa shape index (κ3) is 3.45. The van der Waals surface area contributed by atoms with Crippen molar-refractivity contribution in [3.05, 3.63) is 77.7 Å². The van der Waals surface area contributed by atoms with Crippen molar-refractivity contribution in [3.63, 3.8) is 0 Å². The number of carbonyl (C=O) groups is 1. The Balaban J connectivity index is 1.84. The summed E-state index contributed by atoms with van der Waals surface area (Å²) in [6.45, 7) is 0.408. The Kier molecular flexibility index (Phi) is 4.47. The van der Waals surface area contributed by atoms with Gasteiger partial charge in [0.2, 0.25) is 0 Å². The van der Waals surface area contributed by atoms with Crippen LogP contribution >= 0.6 is 0 Å². The molecule has 0 aliphatic carbocycles. The maximum atomic E-state index is 11.7. The van der Waals surface area contributed by atoms with Crippen molar-refractivity contribution >= 4 is 5.97 Å². The molecule has 1 heterocycles. The number of benzene rings is 2. The second-order valence-corrected chi connectivity index (χ2v) is 4.89. The van der Waals surface area contributed by atoms with Crippen molar-refractivity contribution < 1.29 is 23.7 Å². The van der Waals surface area contributed by atoms with Crippen molar-refractivity contribution in [2.24, 2.45) is 0 Å². The first-order chi connectivity index (χ1) is 11.3. The topological polar surface area (TPSA) is 54.0 Å². The molecule has 0 atom stereocenters. The molecule has 0 fully saturated rings. The predicted molar refractivity (Wildman–Crippen MR) is 82.6 cm³/mol. The van der Waals surface area contributed by atoms with Gasteiger partial charge in [-0.05, 0) is 23.8 Å². The Bertz CT molecular complexity index is 701. The van der Waals surface area contributed by atoms with E-state index in [0.29, 0.717) is 23.5 Å². The minimum atomic E-state index is -0.634. The van der Waals surface area contributed by atoms with Crippen LogP contribution in [0.5, 0.6) is 5.75 Å². The zero-order chi connectivity index (χ0) is 16.1. The van der Waals surface area contributed by atoms with Gasteiger partial charge in [0.1, 0.15) is 24.9 Å². The van der Waals surface area contributed by atoms with E-state index in [9.17, 15) is 4.79 Å². The molecule has 0 N–H and O–H groups in total. The fraction of sp³-hybridized carbons (Fsp3) is 0.167. The van der Waals surface area contributed by atoms with Crippen LogP contribution in [0, 0.1) is 0 Å². The summed E-state index contributed by atoms with van der Waals surface area (Å²) >= 11 is 0. The molecule has 0 bridgehead atoms. The van der Waals surface area contributed by atoms with Gasteiger partial charge < -0.3 is 18.9 Å². The first-order valence-electron chi connectivity index (χ1n) is 7.13. The van der Waals surface area contributed by atoms with Gasteiger partial charge in [-0.25, -0.2) is 4.79 Å². The summed E-state index contributed by atoms with van der Waals surface area (Å²) in [6, 6.07) is 14.8. The predicted octanol–water partition coefficient (Wildman–Crippen LogP) is 3.57. The molecule has 0 spiro atoms.